The van der Waals surface area contributed by atoms with Crippen molar-refractivity contribution in [3.8, 4) is 0 Å². The first-order valence-electron chi connectivity index (χ1n) is 6.04. The molecule has 4 heteroatoms. The predicted molar refractivity (Wildman–Crippen MR) is 75.9 cm³/mol. The molecule has 19 heavy (non-hydrogen) atoms. The summed E-state index contributed by atoms with van der Waals surface area (Å²) in [6, 6.07) is 11.5. The summed E-state index contributed by atoms with van der Waals surface area (Å²) < 4.78 is 26.2. The molecule has 0 spiro atoms. The monoisotopic (exact) mass is 325 g/mol. The molecular weight excluding hydrogens is 312 g/mol. The van der Waals surface area contributed by atoms with Gasteiger partial charge in [0.1, 0.15) is 11.6 Å². The predicted octanol–water partition coefficient (Wildman–Crippen LogP) is 4.06. The maximum Gasteiger partial charge on any atom is 0.137 e. The molecule has 0 amide bonds. The van der Waals surface area contributed by atoms with Crippen LogP contribution in [-0.2, 0) is 13.0 Å². The maximum absolute atomic E-state index is 13.0. The molecule has 0 bridgehead atoms. The molecule has 100 valence electrons. The summed E-state index contributed by atoms with van der Waals surface area (Å²) in [7, 11) is 0. The van der Waals surface area contributed by atoms with Crippen molar-refractivity contribution in [3.05, 3.63) is 69.7 Å². The molecule has 2 aromatic carbocycles. The molecule has 0 heterocycles. The molecule has 2 rings (SSSR count). The van der Waals surface area contributed by atoms with Crippen molar-refractivity contribution in [1.82, 2.24) is 5.32 Å². The van der Waals surface area contributed by atoms with Gasteiger partial charge in [-0.05, 0) is 64.3 Å². The number of hydrogen-bond donors (Lipinski definition) is 1. The smallest absolute Gasteiger partial charge is 0.137 e. The summed E-state index contributed by atoms with van der Waals surface area (Å²) in [4.78, 5) is 0. The topological polar surface area (TPSA) is 12.0 Å². The maximum atomic E-state index is 13.0. The standard InChI is InChI=1S/C15H14BrF2N/c16-14-9-12(3-6-15(14)18)10-19-8-7-11-1-4-13(17)5-2-11/h1-6,9,19H,7-8,10H2. The van der Waals surface area contributed by atoms with E-state index in [0.717, 1.165) is 24.1 Å². The third-order valence-electron chi connectivity index (χ3n) is 2.82. The van der Waals surface area contributed by atoms with Crippen molar-refractivity contribution < 1.29 is 8.78 Å². The Morgan fingerprint density at radius 3 is 2.32 bits per heavy atom. The van der Waals surface area contributed by atoms with E-state index in [1.54, 1.807) is 24.3 Å². The van der Waals surface area contributed by atoms with Crippen molar-refractivity contribution in [2.75, 3.05) is 6.54 Å². The van der Waals surface area contributed by atoms with Crippen molar-refractivity contribution in [1.29, 1.82) is 0 Å². The summed E-state index contributed by atoms with van der Waals surface area (Å²) in [5.41, 5.74) is 2.11. The summed E-state index contributed by atoms with van der Waals surface area (Å²) in [5.74, 6) is -0.470. The second kappa shape index (κ2) is 6.78. The zero-order valence-electron chi connectivity index (χ0n) is 10.3. The highest BCUT2D eigenvalue weighted by molar-refractivity contribution is 9.10. The third-order valence-corrected chi connectivity index (χ3v) is 3.42. The average Bonchev–Trinajstić information content (AvgIpc) is 2.41. The van der Waals surface area contributed by atoms with Gasteiger partial charge in [0.05, 0.1) is 4.47 Å². The van der Waals surface area contributed by atoms with Gasteiger partial charge in [0.2, 0.25) is 0 Å². The fourth-order valence-corrected chi connectivity index (χ4v) is 2.19. The minimum atomic E-state index is -0.255. The lowest BCUT2D eigenvalue weighted by Gasteiger charge is -2.06. The largest absolute Gasteiger partial charge is 0.312 e. The highest BCUT2D eigenvalue weighted by atomic mass is 79.9. The van der Waals surface area contributed by atoms with E-state index in [0.29, 0.717) is 11.0 Å². The lowest BCUT2D eigenvalue weighted by molar-refractivity contribution is 0.617. The first-order chi connectivity index (χ1) is 9.15. The Morgan fingerprint density at radius 1 is 0.947 bits per heavy atom. The molecule has 0 saturated heterocycles. The number of rotatable bonds is 5. The van der Waals surface area contributed by atoms with E-state index in [4.69, 9.17) is 0 Å². The molecular formula is C15H14BrF2N. The first kappa shape index (κ1) is 14.2. The van der Waals surface area contributed by atoms with Gasteiger partial charge < -0.3 is 5.32 Å². The quantitative estimate of drug-likeness (QED) is 0.817. The number of benzene rings is 2. The molecule has 1 N–H and O–H groups in total. The van der Waals surface area contributed by atoms with Gasteiger partial charge in [-0.3, -0.25) is 0 Å². The molecule has 0 aliphatic rings. The van der Waals surface area contributed by atoms with Crippen LogP contribution in [0.2, 0.25) is 0 Å². The second-order valence-electron chi connectivity index (χ2n) is 4.30. The fourth-order valence-electron chi connectivity index (χ4n) is 1.77. The van der Waals surface area contributed by atoms with E-state index in [1.807, 2.05) is 0 Å². The van der Waals surface area contributed by atoms with Gasteiger partial charge in [0.15, 0.2) is 0 Å². The van der Waals surface area contributed by atoms with E-state index in [9.17, 15) is 8.78 Å². The van der Waals surface area contributed by atoms with Crippen LogP contribution in [0.1, 0.15) is 11.1 Å². The van der Waals surface area contributed by atoms with Crippen LogP contribution in [0.3, 0.4) is 0 Å². The van der Waals surface area contributed by atoms with Gasteiger partial charge >= 0.3 is 0 Å². The van der Waals surface area contributed by atoms with Crippen molar-refractivity contribution in [3.63, 3.8) is 0 Å². The molecule has 0 unspecified atom stereocenters. The van der Waals surface area contributed by atoms with Gasteiger partial charge in [-0.1, -0.05) is 18.2 Å². The second-order valence-corrected chi connectivity index (χ2v) is 5.16. The Kier molecular flexibility index (Phi) is 5.05. The van der Waals surface area contributed by atoms with Crippen LogP contribution in [0, 0.1) is 11.6 Å². The summed E-state index contributed by atoms with van der Waals surface area (Å²) in [6.07, 6.45) is 0.836. The summed E-state index contributed by atoms with van der Waals surface area (Å²) in [5, 5.41) is 3.27. The van der Waals surface area contributed by atoms with Gasteiger partial charge in [0.25, 0.3) is 0 Å². The van der Waals surface area contributed by atoms with Crippen LogP contribution >= 0.6 is 15.9 Å². The Hall–Kier alpha value is -1.26. The highest BCUT2D eigenvalue weighted by Gasteiger charge is 2.00. The van der Waals surface area contributed by atoms with E-state index in [-0.39, 0.29) is 11.6 Å². The Balaban J connectivity index is 1.77. The van der Waals surface area contributed by atoms with Crippen LogP contribution in [0.25, 0.3) is 0 Å². The van der Waals surface area contributed by atoms with Crippen molar-refractivity contribution in [2.45, 2.75) is 13.0 Å². The van der Waals surface area contributed by atoms with Crippen LogP contribution < -0.4 is 5.32 Å². The normalized spacial score (nSPS) is 10.7. The number of nitrogens with one attached hydrogen (secondary N) is 1. The van der Waals surface area contributed by atoms with Crippen LogP contribution in [0.4, 0.5) is 8.78 Å². The number of hydrogen-bond acceptors (Lipinski definition) is 1. The zero-order valence-corrected chi connectivity index (χ0v) is 11.9. The molecule has 0 radical (unpaired) electrons. The molecule has 0 aliphatic heterocycles. The molecule has 0 aliphatic carbocycles. The van der Waals surface area contributed by atoms with E-state index in [1.165, 1.54) is 18.2 Å². The molecule has 2 aromatic rings. The third kappa shape index (κ3) is 4.40. The van der Waals surface area contributed by atoms with E-state index >= 15 is 0 Å². The van der Waals surface area contributed by atoms with Crippen molar-refractivity contribution in [2.24, 2.45) is 0 Å². The Labute approximate surface area is 119 Å². The SMILES string of the molecule is Fc1ccc(CCNCc2ccc(F)c(Br)c2)cc1. The molecule has 1 nitrogen and oxygen atoms in total. The minimum absolute atomic E-state index is 0.215. The first-order valence-corrected chi connectivity index (χ1v) is 6.83. The molecule has 0 atom stereocenters. The van der Waals surface area contributed by atoms with Crippen LogP contribution in [-0.4, -0.2) is 6.54 Å². The lowest BCUT2D eigenvalue weighted by atomic mass is 10.1. The fraction of sp³-hybridized carbons (Fsp3) is 0.200. The van der Waals surface area contributed by atoms with Crippen LogP contribution in [0.5, 0.6) is 0 Å². The van der Waals surface area contributed by atoms with Gasteiger partial charge in [0, 0.05) is 6.54 Å². The average molecular weight is 326 g/mol. The lowest BCUT2D eigenvalue weighted by Crippen LogP contribution is -2.16. The molecule has 0 saturated carbocycles. The van der Waals surface area contributed by atoms with Gasteiger partial charge in [-0.2, -0.15) is 0 Å². The van der Waals surface area contributed by atoms with E-state index < -0.39 is 0 Å². The Bertz CT molecular complexity index is 540. The van der Waals surface area contributed by atoms with Gasteiger partial charge in [-0.25, -0.2) is 8.78 Å². The number of halogens is 3. The Morgan fingerprint density at radius 2 is 1.63 bits per heavy atom. The summed E-state index contributed by atoms with van der Waals surface area (Å²) in [6.45, 7) is 1.47. The van der Waals surface area contributed by atoms with Gasteiger partial charge in [-0.15, -0.1) is 0 Å². The van der Waals surface area contributed by atoms with E-state index in [2.05, 4.69) is 21.2 Å². The minimum Gasteiger partial charge on any atom is -0.312 e. The summed E-state index contributed by atoms with van der Waals surface area (Å²) >= 11 is 3.16. The molecule has 0 aromatic heterocycles. The van der Waals surface area contributed by atoms with Crippen LogP contribution in [0.15, 0.2) is 46.9 Å². The molecule has 0 fully saturated rings. The highest BCUT2D eigenvalue weighted by Crippen LogP contribution is 2.16. The van der Waals surface area contributed by atoms with Crippen molar-refractivity contribution >= 4 is 15.9 Å². The zero-order chi connectivity index (χ0) is 13.7.